The van der Waals surface area contributed by atoms with Gasteiger partial charge in [0.25, 0.3) is 0 Å². The minimum atomic E-state index is -6.09. The second-order valence-corrected chi connectivity index (χ2v) is 10.7. The van der Waals surface area contributed by atoms with Crippen LogP contribution in [0.1, 0.15) is 22.3 Å². The monoisotopic (exact) mass is 564 g/mol. The van der Waals surface area contributed by atoms with Crippen LogP contribution in [0.2, 0.25) is 0 Å². The molecule has 26 heavy (non-hydrogen) atoms. The van der Waals surface area contributed by atoms with E-state index in [4.69, 9.17) is 13.0 Å². The highest BCUT2D eigenvalue weighted by Gasteiger charge is 2.36. The number of hydrogen-bond donors (Lipinski definition) is 0. The van der Waals surface area contributed by atoms with Gasteiger partial charge in [0.05, 0.1) is 0 Å². The number of rotatable bonds is 2. The highest BCUT2D eigenvalue weighted by atomic mass is 127. The molecule has 0 atom stereocenters. The number of hydrogen-bond acceptors (Lipinski definition) is 3. The summed E-state index contributed by atoms with van der Waals surface area (Å²) >= 11 is 3.49. The van der Waals surface area contributed by atoms with Gasteiger partial charge in [-0.2, -0.15) is 13.2 Å². The van der Waals surface area contributed by atoms with Gasteiger partial charge in [0.2, 0.25) is 0 Å². The summed E-state index contributed by atoms with van der Waals surface area (Å²) in [5.41, 5.74) is -0.0615. The molecule has 2 aromatic rings. The van der Waals surface area contributed by atoms with Crippen molar-refractivity contribution in [2.24, 2.45) is 0 Å². The molecule has 0 heterocycles. The molecular formula is C17H17BrF3IO3S. The molecule has 0 unspecified atom stereocenters. The second kappa shape index (κ2) is 9.03. The molecule has 3 nitrogen and oxygen atoms in total. The van der Waals surface area contributed by atoms with Gasteiger partial charge in [-0.1, -0.05) is 33.6 Å². The molecule has 0 amide bonds. The van der Waals surface area contributed by atoms with Crippen molar-refractivity contribution in [1.29, 1.82) is 0 Å². The van der Waals surface area contributed by atoms with Gasteiger partial charge in [0.15, 0.2) is 17.3 Å². The Hall–Kier alpha value is -0.650. The van der Waals surface area contributed by atoms with Crippen molar-refractivity contribution in [2.75, 3.05) is 0 Å². The van der Waals surface area contributed by atoms with Crippen molar-refractivity contribution < 1.29 is 47.3 Å². The van der Waals surface area contributed by atoms with Crippen molar-refractivity contribution in [1.82, 2.24) is 0 Å². The summed E-state index contributed by atoms with van der Waals surface area (Å²) in [5.74, 6) is 0. The van der Waals surface area contributed by atoms with Crippen LogP contribution < -0.4 is 21.2 Å². The van der Waals surface area contributed by atoms with Crippen molar-refractivity contribution in [2.45, 2.75) is 33.2 Å². The van der Waals surface area contributed by atoms with Gasteiger partial charge in [0.1, 0.15) is 0 Å². The number of halogens is 5. The molecule has 2 aromatic carbocycles. The van der Waals surface area contributed by atoms with Crippen LogP contribution in [0.15, 0.2) is 34.8 Å². The Labute approximate surface area is 170 Å². The van der Waals surface area contributed by atoms with Gasteiger partial charge in [-0.05, 0) is 51.5 Å². The zero-order valence-electron chi connectivity index (χ0n) is 14.4. The molecule has 0 aliphatic heterocycles. The largest absolute Gasteiger partial charge is 0.741 e. The molecule has 0 bridgehead atoms. The molecule has 0 radical (unpaired) electrons. The summed E-state index contributed by atoms with van der Waals surface area (Å²) in [6.45, 7) is 8.81. The Balaban J connectivity index is 0.000000359. The second-order valence-electron chi connectivity index (χ2n) is 5.60. The van der Waals surface area contributed by atoms with Gasteiger partial charge in [-0.3, -0.25) is 0 Å². The van der Waals surface area contributed by atoms with E-state index in [2.05, 4.69) is 74.0 Å². The first-order valence-electron chi connectivity index (χ1n) is 7.23. The van der Waals surface area contributed by atoms with Crippen LogP contribution in [-0.2, 0) is 10.1 Å². The molecule has 144 valence electrons. The molecule has 0 aliphatic carbocycles. The molecule has 0 spiro atoms. The Morgan fingerprint density at radius 1 is 0.962 bits per heavy atom. The summed E-state index contributed by atoms with van der Waals surface area (Å²) < 4.78 is 63.2. The summed E-state index contributed by atoms with van der Waals surface area (Å²) in [6, 6.07) is 11.3. The molecule has 0 aliphatic rings. The predicted octanol–water partition coefficient (Wildman–Crippen LogP) is 1.86. The lowest BCUT2D eigenvalue weighted by Crippen LogP contribution is -3.62. The predicted molar refractivity (Wildman–Crippen MR) is 92.7 cm³/mol. The normalized spacial score (nSPS) is 11.7. The molecule has 2 rings (SSSR count). The third-order valence-electron chi connectivity index (χ3n) is 3.19. The lowest BCUT2D eigenvalue weighted by molar-refractivity contribution is -0.598. The first-order chi connectivity index (χ1) is 11.7. The van der Waals surface area contributed by atoms with E-state index in [1.165, 1.54) is 30.3 Å². The maximum atomic E-state index is 10.7. The van der Waals surface area contributed by atoms with Crippen LogP contribution in [0.5, 0.6) is 0 Å². The third-order valence-corrected chi connectivity index (χ3v) is 8.18. The van der Waals surface area contributed by atoms with Gasteiger partial charge in [-0.15, -0.1) is 0 Å². The average Bonchev–Trinajstić information content (AvgIpc) is 2.45. The number of alkyl halides is 3. The van der Waals surface area contributed by atoms with Crippen LogP contribution >= 0.6 is 15.9 Å². The summed E-state index contributed by atoms with van der Waals surface area (Å²) in [4.78, 5) is 0. The van der Waals surface area contributed by atoms with Crippen LogP contribution in [0.4, 0.5) is 13.2 Å². The molecule has 9 heteroatoms. The topological polar surface area (TPSA) is 57.2 Å². The van der Waals surface area contributed by atoms with Gasteiger partial charge >= 0.3 is 26.7 Å². The van der Waals surface area contributed by atoms with Crippen molar-refractivity contribution in [3.63, 3.8) is 0 Å². The molecule has 0 saturated carbocycles. The first kappa shape index (κ1) is 23.4. The molecule has 0 fully saturated rings. The standard InChI is InChI=1S/C16H17BrI.CHF3O3S/c1-10-7-12(3)16(13(4)8-10)18-14-5-6-15(17)11(2)9-14;2-1(3,4)8(5,6)7/h5-9H,1-4H3;(H,5,6,7)/q+1;/p-1. The van der Waals surface area contributed by atoms with Crippen molar-refractivity contribution in [3.05, 3.63) is 64.2 Å². The fourth-order valence-corrected chi connectivity index (χ4v) is 5.10. The molecular weight excluding hydrogens is 548 g/mol. The molecule has 0 saturated heterocycles. The fraction of sp³-hybridized carbons (Fsp3) is 0.294. The molecule has 0 aromatic heterocycles. The quantitative estimate of drug-likeness (QED) is 0.318. The molecule has 0 N–H and O–H groups in total. The van der Waals surface area contributed by atoms with E-state index < -0.39 is 15.6 Å². The number of aryl methyl sites for hydroxylation is 4. The smallest absolute Gasteiger partial charge is 0.485 e. The lowest BCUT2D eigenvalue weighted by Gasteiger charge is -2.08. The van der Waals surface area contributed by atoms with E-state index in [-0.39, 0.29) is 21.2 Å². The minimum absolute atomic E-state index is 0.0779. The fourth-order valence-electron chi connectivity index (χ4n) is 2.09. The average molecular weight is 565 g/mol. The van der Waals surface area contributed by atoms with E-state index in [9.17, 15) is 13.2 Å². The van der Waals surface area contributed by atoms with Crippen molar-refractivity contribution >= 4 is 26.0 Å². The Bertz CT molecular complexity index is 874. The SMILES string of the molecule is Cc1cc(C)c([I+]c2ccc(Br)c(C)c2)c(C)c1.O=S(=O)([O-])C(F)(F)F. The Morgan fingerprint density at radius 3 is 1.81 bits per heavy atom. The Kier molecular flexibility index (Phi) is 8.12. The van der Waals surface area contributed by atoms with Crippen LogP contribution in [0, 0.1) is 34.8 Å². The highest BCUT2D eigenvalue weighted by molar-refractivity contribution is 9.10. The third kappa shape index (κ3) is 6.82. The van der Waals surface area contributed by atoms with Crippen LogP contribution in [-0.4, -0.2) is 18.5 Å². The van der Waals surface area contributed by atoms with E-state index >= 15 is 0 Å². The lowest BCUT2D eigenvalue weighted by atomic mass is 10.1. The number of benzene rings is 2. The summed E-state index contributed by atoms with van der Waals surface area (Å²) in [5, 5.41) is 0. The summed E-state index contributed by atoms with van der Waals surface area (Å²) in [7, 11) is -6.09. The van der Waals surface area contributed by atoms with Gasteiger partial charge < -0.3 is 4.55 Å². The van der Waals surface area contributed by atoms with Gasteiger partial charge in [-0.25, -0.2) is 8.42 Å². The first-order valence-corrected chi connectivity index (χ1v) is 11.6. The van der Waals surface area contributed by atoms with Gasteiger partial charge in [0, 0.05) is 15.6 Å². The maximum Gasteiger partial charge on any atom is 0.485 e. The minimum Gasteiger partial charge on any atom is -0.741 e. The van der Waals surface area contributed by atoms with E-state index in [0.717, 1.165) is 0 Å². The maximum absolute atomic E-state index is 10.7. The van der Waals surface area contributed by atoms with Crippen LogP contribution in [0.3, 0.4) is 0 Å². The zero-order valence-corrected chi connectivity index (χ0v) is 19.0. The van der Waals surface area contributed by atoms with E-state index in [1.54, 1.807) is 3.57 Å². The van der Waals surface area contributed by atoms with Crippen LogP contribution in [0.25, 0.3) is 0 Å². The zero-order chi connectivity index (χ0) is 20.3. The van der Waals surface area contributed by atoms with Crippen molar-refractivity contribution in [3.8, 4) is 0 Å². The summed E-state index contributed by atoms with van der Waals surface area (Å²) in [6.07, 6.45) is 0. The van der Waals surface area contributed by atoms with E-state index in [1.807, 2.05) is 0 Å². The Morgan fingerprint density at radius 2 is 1.42 bits per heavy atom. The van der Waals surface area contributed by atoms with E-state index in [0.29, 0.717) is 0 Å². The highest BCUT2D eigenvalue weighted by Crippen LogP contribution is 2.20.